The number of thioether (sulfide) groups is 1. The number of hydrogen-bond acceptors (Lipinski definition) is 12. The van der Waals surface area contributed by atoms with Crippen LogP contribution in [0.15, 0.2) is 113 Å². The molecule has 0 radical (unpaired) electrons. The highest BCUT2D eigenvalue weighted by atomic mass is 32.2. The molecule has 0 aliphatic carbocycles. The van der Waals surface area contributed by atoms with Crippen LogP contribution in [-0.4, -0.2) is 83.8 Å². The number of sulfonamides is 1. The van der Waals surface area contributed by atoms with Gasteiger partial charge >= 0.3 is 0 Å². The van der Waals surface area contributed by atoms with Gasteiger partial charge < -0.3 is 20.2 Å². The van der Waals surface area contributed by atoms with E-state index in [2.05, 4.69) is 15.5 Å². The number of nitro benzene ring substituents is 1. The maximum Gasteiger partial charge on any atom is 0.293 e. The SMILES string of the molecule is O=C(NS(=O)(=O)c1ccc(NCCSc2ccccc2)c([N+](=O)[O-])c1)c1ccc(N2CCN(C(=O)c3ccc(-c4cccc(O)c4)c(F)c3)CC2)nn1. The van der Waals surface area contributed by atoms with E-state index in [1.807, 2.05) is 40.0 Å². The van der Waals surface area contributed by atoms with Crippen molar-refractivity contribution in [2.24, 2.45) is 0 Å². The first kappa shape index (κ1) is 36.7. The zero-order valence-electron chi connectivity index (χ0n) is 27.9. The fourth-order valence-corrected chi connectivity index (χ4v) is 7.35. The van der Waals surface area contributed by atoms with E-state index >= 15 is 0 Å². The van der Waals surface area contributed by atoms with Gasteiger partial charge in [0.15, 0.2) is 11.5 Å². The molecule has 1 aliphatic rings. The zero-order valence-corrected chi connectivity index (χ0v) is 29.5. The van der Waals surface area contributed by atoms with E-state index in [0.29, 0.717) is 49.9 Å². The number of rotatable bonds is 12. The van der Waals surface area contributed by atoms with Gasteiger partial charge in [0, 0.05) is 60.6 Å². The molecule has 1 fully saturated rings. The van der Waals surface area contributed by atoms with Crippen LogP contribution in [0.3, 0.4) is 0 Å². The van der Waals surface area contributed by atoms with E-state index in [4.69, 9.17) is 0 Å². The largest absolute Gasteiger partial charge is 0.508 e. The third-order valence-electron chi connectivity index (χ3n) is 8.28. The number of amides is 2. The minimum atomic E-state index is -4.52. The van der Waals surface area contributed by atoms with Crippen LogP contribution in [0.25, 0.3) is 11.1 Å². The van der Waals surface area contributed by atoms with Gasteiger partial charge in [-0.2, -0.15) is 0 Å². The van der Waals surface area contributed by atoms with Gasteiger partial charge in [-0.05, 0) is 66.2 Å². The van der Waals surface area contributed by atoms with Crippen molar-refractivity contribution < 1.29 is 32.4 Å². The number of carbonyl (C=O) groups excluding carboxylic acids is 2. The maximum absolute atomic E-state index is 14.9. The maximum atomic E-state index is 14.9. The topological polar surface area (TPSA) is 188 Å². The van der Waals surface area contributed by atoms with Gasteiger partial charge in [0.25, 0.3) is 27.5 Å². The normalized spacial score (nSPS) is 13.0. The Balaban J connectivity index is 1.02. The summed E-state index contributed by atoms with van der Waals surface area (Å²) in [6.07, 6.45) is 0. The molecule has 0 bridgehead atoms. The van der Waals surface area contributed by atoms with E-state index in [-0.39, 0.29) is 34.2 Å². The van der Waals surface area contributed by atoms with Crippen molar-refractivity contribution in [2.75, 3.05) is 48.7 Å². The fourth-order valence-electron chi connectivity index (χ4n) is 5.58. The van der Waals surface area contributed by atoms with Gasteiger partial charge in [0.2, 0.25) is 0 Å². The third kappa shape index (κ3) is 8.88. The summed E-state index contributed by atoms with van der Waals surface area (Å²) in [4.78, 5) is 41.0. The standard InChI is InChI=1S/C36H32FN7O7S2/c37-30-22-25(9-11-29(30)24-5-4-6-26(45)21-24)36(47)43-18-16-42(17-19-43)34-14-13-32(39-40-34)35(46)41-53(50,51)28-10-12-31(33(23-28)44(48)49)38-15-20-52-27-7-2-1-3-8-27/h1-14,21-23,38,45H,15-20H2,(H,41,46). The second-order valence-corrected chi connectivity index (χ2v) is 14.6. The van der Waals surface area contributed by atoms with Gasteiger partial charge in [0.05, 0.1) is 9.82 Å². The number of phenolic OH excluding ortho intramolecular Hbond substituents is 1. The van der Waals surface area contributed by atoms with Crippen molar-refractivity contribution in [3.63, 3.8) is 0 Å². The van der Waals surface area contributed by atoms with Crippen LogP contribution >= 0.6 is 11.8 Å². The predicted molar refractivity (Wildman–Crippen MR) is 197 cm³/mol. The molecule has 0 saturated carbocycles. The summed E-state index contributed by atoms with van der Waals surface area (Å²) < 4.78 is 42.9. The average molecular weight is 758 g/mol. The minimum Gasteiger partial charge on any atom is -0.508 e. The van der Waals surface area contributed by atoms with Crippen LogP contribution in [0.1, 0.15) is 20.8 Å². The lowest BCUT2D eigenvalue weighted by molar-refractivity contribution is -0.384. The first-order chi connectivity index (χ1) is 25.5. The van der Waals surface area contributed by atoms with Crippen LogP contribution in [0.4, 0.5) is 21.6 Å². The highest BCUT2D eigenvalue weighted by Gasteiger charge is 2.26. The Morgan fingerprint density at radius 1 is 0.906 bits per heavy atom. The zero-order chi connectivity index (χ0) is 37.5. The van der Waals surface area contributed by atoms with Crippen molar-refractivity contribution in [1.29, 1.82) is 0 Å². The van der Waals surface area contributed by atoms with Crippen molar-refractivity contribution in [1.82, 2.24) is 19.8 Å². The van der Waals surface area contributed by atoms with Gasteiger partial charge in [-0.15, -0.1) is 22.0 Å². The van der Waals surface area contributed by atoms with Crippen molar-refractivity contribution in [2.45, 2.75) is 9.79 Å². The molecule has 14 nitrogen and oxygen atoms in total. The summed E-state index contributed by atoms with van der Waals surface area (Å²) in [5.41, 5.74) is 0.287. The van der Waals surface area contributed by atoms with Crippen molar-refractivity contribution in [3.8, 4) is 16.9 Å². The Bertz CT molecular complexity index is 2250. The van der Waals surface area contributed by atoms with E-state index in [1.165, 1.54) is 48.5 Å². The smallest absolute Gasteiger partial charge is 0.293 e. The highest BCUT2D eigenvalue weighted by molar-refractivity contribution is 7.99. The summed E-state index contributed by atoms with van der Waals surface area (Å²) in [7, 11) is -4.52. The van der Waals surface area contributed by atoms with Gasteiger partial charge in [-0.3, -0.25) is 19.7 Å². The predicted octanol–water partition coefficient (Wildman–Crippen LogP) is 5.18. The number of nitrogens with one attached hydrogen (secondary N) is 2. The first-order valence-electron chi connectivity index (χ1n) is 16.2. The second kappa shape index (κ2) is 16.1. The summed E-state index contributed by atoms with van der Waals surface area (Å²) in [6.45, 7) is 1.69. The molecule has 1 aromatic heterocycles. The number of benzene rings is 4. The Hall–Kier alpha value is -6.07. The van der Waals surface area contributed by atoms with Gasteiger partial charge in [0.1, 0.15) is 17.3 Å². The van der Waals surface area contributed by atoms with E-state index in [9.17, 15) is 37.6 Å². The molecule has 2 heterocycles. The molecule has 4 aromatic carbocycles. The molecular formula is C36H32FN7O7S2. The lowest BCUT2D eigenvalue weighted by Crippen LogP contribution is -2.49. The van der Waals surface area contributed by atoms with Crippen LogP contribution in [0, 0.1) is 15.9 Å². The van der Waals surface area contributed by atoms with Gasteiger partial charge in [-0.25, -0.2) is 17.5 Å². The molecule has 3 N–H and O–H groups in total. The molecule has 17 heteroatoms. The molecule has 272 valence electrons. The number of aromatic nitrogens is 2. The molecule has 6 rings (SSSR count). The number of anilines is 2. The molecule has 0 spiro atoms. The van der Waals surface area contributed by atoms with Crippen LogP contribution < -0.4 is 14.9 Å². The van der Waals surface area contributed by atoms with E-state index in [1.54, 1.807) is 28.8 Å². The van der Waals surface area contributed by atoms with Gasteiger partial charge in [-0.1, -0.05) is 36.4 Å². The molecule has 0 atom stereocenters. The molecule has 1 saturated heterocycles. The molecule has 1 aliphatic heterocycles. The third-order valence-corrected chi connectivity index (χ3v) is 10.6. The lowest BCUT2D eigenvalue weighted by Gasteiger charge is -2.35. The monoisotopic (exact) mass is 757 g/mol. The quantitative estimate of drug-likeness (QED) is 0.0656. The second-order valence-electron chi connectivity index (χ2n) is 11.8. The van der Waals surface area contributed by atoms with Crippen LogP contribution in [0.5, 0.6) is 5.75 Å². The number of carbonyl (C=O) groups is 2. The summed E-state index contributed by atoms with van der Waals surface area (Å²) in [6, 6.07) is 26.1. The van der Waals surface area contributed by atoms with E-state index in [0.717, 1.165) is 17.0 Å². The number of halogens is 1. The molecule has 53 heavy (non-hydrogen) atoms. The number of hydrogen-bond donors (Lipinski definition) is 3. The number of nitrogens with zero attached hydrogens (tertiary/aromatic N) is 5. The Labute approximate surface area is 307 Å². The summed E-state index contributed by atoms with van der Waals surface area (Å²) >= 11 is 1.56. The highest BCUT2D eigenvalue weighted by Crippen LogP contribution is 2.29. The molecule has 0 unspecified atom stereocenters. The Kier molecular flexibility index (Phi) is 11.1. The number of nitro groups is 1. The average Bonchev–Trinajstić information content (AvgIpc) is 3.16. The number of aromatic hydroxyl groups is 1. The van der Waals surface area contributed by atoms with Crippen LogP contribution in [0.2, 0.25) is 0 Å². The number of phenols is 1. The fraction of sp³-hybridized carbons (Fsp3) is 0.167. The molecule has 2 amide bonds. The Morgan fingerprint density at radius 2 is 1.68 bits per heavy atom. The number of piperazine rings is 1. The summed E-state index contributed by atoms with van der Waals surface area (Å²) in [5.74, 6) is -1.03. The van der Waals surface area contributed by atoms with E-state index < -0.39 is 37.3 Å². The minimum absolute atomic E-state index is 0.000909. The molecular weight excluding hydrogens is 726 g/mol. The van der Waals surface area contributed by atoms with Crippen molar-refractivity contribution in [3.05, 3.63) is 130 Å². The Morgan fingerprint density at radius 3 is 2.36 bits per heavy atom. The van der Waals surface area contributed by atoms with Crippen LogP contribution in [-0.2, 0) is 10.0 Å². The van der Waals surface area contributed by atoms with Crippen molar-refractivity contribution >= 4 is 50.8 Å². The first-order valence-corrected chi connectivity index (χ1v) is 18.7. The molecule has 5 aromatic rings. The summed E-state index contributed by atoms with van der Waals surface area (Å²) in [5, 5.41) is 32.4. The lowest BCUT2D eigenvalue weighted by atomic mass is 10.0.